The maximum atomic E-state index is 12.5. The first-order valence-corrected chi connectivity index (χ1v) is 14.7. The predicted octanol–water partition coefficient (Wildman–Crippen LogP) is 6.42. The van der Waals surface area contributed by atoms with Crippen LogP contribution in [0, 0.1) is 0 Å². The van der Waals surface area contributed by atoms with E-state index in [4.69, 9.17) is 28.4 Å². The summed E-state index contributed by atoms with van der Waals surface area (Å²) in [5.41, 5.74) is 4.02. The quantitative estimate of drug-likeness (QED) is 0.123. The van der Waals surface area contributed by atoms with Crippen molar-refractivity contribution in [3.63, 3.8) is 0 Å². The number of rotatable bonds is 14. The van der Waals surface area contributed by atoms with E-state index in [1.54, 1.807) is 0 Å². The van der Waals surface area contributed by atoms with Crippen molar-refractivity contribution in [2.75, 3.05) is 13.7 Å². The molecule has 7 nitrogen and oxygen atoms in total. The van der Waals surface area contributed by atoms with Crippen molar-refractivity contribution >= 4 is 5.97 Å². The van der Waals surface area contributed by atoms with Gasteiger partial charge in [-0.05, 0) is 22.3 Å². The van der Waals surface area contributed by atoms with Gasteiger partial charge in [0.1, 0.15) is 24.1 Å². The van der Waals surface area contributed by atoms with Crippen molar-refractivity contribution < 1.29 is 33.2 Å². The number of hydrogen-bond donors (Lipinski definition) is 0. The number of ether oxygens (including phenoxy) is 6. The minimum atomic E-state index is -0.760. The summed E-state index contributed by atoms with van der Waals surface area (Å²) in [6, 6.07) is 39.6. The molecule has 228 valence electrons. The summed E-state index contributed by atoms with van der Waals surface area (Å²) in [6.45, 7) is 1.51. The van der Waals surface area contributed by atoms with Crippen molar-refractivity contribution in [3.8, 4) is 0 Å². The Labute approximate surface area is 258 Å². The number of carbonyl (C=O) groups excluding carboxylic acids is 1. The lowest BCUT2D eigenvalue weighted by molar-refractivity contribution is -0.223. The zero-order valence-corrected chi connectivity index (χ0v) is 24.8. The standard InChI is InChI=1S/C37H38O7/c1-39-34(38)22-32-35(41-24-29-16-8-3-9-17-29)37(43-26-31-20-12-5-13-21-31)36(42-25-30-18-10-4-11-19-30)33(44-32)27-40-23-28-14-6-2-7-15-28/h2-22,33,35-37H,23-27H2,1H3/b32-22-/t33-,35+,36-,37-/m1/s1. The number of esters is 1. The van der Waals surface area contributed by atoms with Gasteiger partial charge in [-0.2, -0.15) is 0 Å². The molecule has 0 unspecified atom stereocenters. The highest BCUT2D eigenvalue weighted by Gasteiger charge is 2.47. The predicted molar refractivity (Wildman–Crippen MR) is 166 cm³/mol. The van der Waals surface area contributed by atoms with Crippen LogP contribution in [0.3, 0.4) is 0 Å². The van der Waals surface area contributed by atoms with Crippen LogP contribution < -0.4 is 0 Å². The number of carbonyl (C=O) groups is 1. The SMILES string of the molecule is COC(=O)/C=C1\O[C@H](COCc2ccccc2)[C@@H](OCc2ccccc2)[C@H](OCc2ccccc2)[C@H]1OCc1ccccc1. The zero-order chi connectivity index (χ0) is 30.4. The minimum absolute atomic E-state index is 0.198. The molecule has 0 bridgehead atoms. The summed E-state index contributed by atoms with van der Waals surface area (Å²) in [7, 11) is 1.33. The van der Waals surface area contributed by atoms with Gasteiger partial charge in [0.2, 0.25) is 0 Å². The Kier molecular flexibility index (Phi) is 11.7. The molecule has 5 rings (SSSR count). The fraction of sp³-hybridized carbons (Fsp3) is 0.270. The molecule has 4 atom stereocenters. The Morgan fingerprint density at radius 1 is 0.614 bits per heavy atom. The Hall–Kier alpha value is -4.27. The molecule has 1 saturated heterocycles. The second-order valence-corrected chi connectivity index (χ2v) is 10.5. The molecular weight excluding hydrogens is 556 g/mol. The molecule has 0 aliphatic carbocycles. The van der Waals surface area contributed by atoms with Crippen LogP contribution in [0.4, 0.5) is 0 Å². The molecule has 0 spiro atoms. The van der Waals surface area contributed by atoms with Crippen LogP contribution >= 0.6 is 0 Å². The summed E-state index contributed by atoms with van der Waals surface area (Å²) < 4.78 is 37.3. The summed E-state index contributed by atoms with van der Waals surface area (Å²) in [5.74, 6) is -0.249. The topological polar surface area (TPSA) is 72.5 Å². The van der Waals surface area contributed by atoms with Crippen LogP contribution in [0.5, 0.6) is 0 Å². The second kappa shape index (κ2) is 16.5. The van der Waals surface area contributed by atoms with Gasteiger partial charge in [-0.15, -0.1) is 0 Å². The first-order chi connectivity index (χ1) is 21.7. The van der Waals surface area contributed by atoms with E-state index in [-0.39, 0.29) is 13.2 Å². The molecule has 0 saturated carbocycles. The molecule has 4 aromatic carbocycles. The van der Waals surface area contributed by atoms with Crippen LogP contribution in [0.1, 0.15) is 22.3 Å². The molecule has 1 heterocycles. The molecule has 1 aliphatic rings. The third-order valence-electron chi connectivity index (χ3n) is 7.25. The molecule has 1 fully saturated rings. The van der Waals surface area contributed by atoms with Crippen LogP contribution in [-0.2, 0) is 59.6 Å². The lowest BCUT2D eigenvalue weighted by Gasteiger charge is -2.43. The maximum Gasteiger partial charge on any atom is 0.333 e. The van der Waals surface area contributed by atoms with Crippen molar-refractivity contribution in [1.29, 1.82) is 0 Å². The first-order valence-electron chi connectivity index (χ1n) is 14.7. The minimum Gasteiger partial charge on any atom is -0.486 e. The van der Waals surface area contributed by atoms with Gasteiger partial charge < -0.3 is 28.4 Å². The van der Waals surface area contributed by atoms with Gasteiger partial charge >= 0.3 is 5.97 Å². The smallest absolute Gasteiger partial charge is 0.333 e. The van der Waals surface area contributed by atoms with Crippen LogP contribution in [0.25, 0.3) is 0 Å². The van der Waals surface area contributed by atoms with Gasteiger partial charge in [0.05, 0.1) is 46.2 Å². The van der Waals surface area contributed by atoms with Gasteiger partial charge in [0, 0.05) is 0 Å². The Morgan fingerprint density at radius 3 is 1.52 bits per heavy atom. The van der Waals surface area contributed by atoms with E-state index in [1.807, 2.05) is 121 Å². The number of methoxy groups -OCH3 is 1. The number of hydrogen-bond acceptors (Lipinski definition) is 7. The van der Waals surface area contributed by atoms with Crippen molar-refractivity contribution in [2.45, 2.75) is 50.8 Å². The molecule has 0 radical (unpaired) electrons. The van der Waals surface area contributed by atoms with E-state index >= 15 is 0 Å². The molecule has 1 aliphatic heterocycles. The average Bonchev–Trinajstić information content (AvgIpc) is 3.08. The van der Waals surface area contributed by atoms with Gasteiger partial charge in [-0.1, -0.05) is 121 Å². The maximum absolute atomic E-state index is 12.5. The molecular formula is C37H38O7. The molecule has 0 amide bonds. The third-order valence-corrected chi connectivity index (χ3v) is 7.25. The van der Waals surface area contributed by atoms with Crippen molar-refractivity contribution in [3.05, 3.63) is 155 Å². The molecule has 4 aromatic rings. The molecule has 0 aromatic heterocycles. The van der Waals surface area contributed by atoms with E-state index in [1.165, 1.54) is 13.2 Å². The van der Waals surface area contributed by atoms with Crippen molar-refractivity contribution in [1.82, 2.24) is 0 Å². The van der Waals surface area contributed by atoms with Gasteiger partial charge in [0.25, 0.3) is 0 Å². The van der Waals surface area contributed by atoms with E-state index in [9.17, 15) is 4.79 Å². The third kappa shape index (κ3) is 9.11. The highest BCUT2D eigenvalue weighted by Crippen LogP contribution is 2.33. The van der Waals surface area contributed by atoms with E-state index in [0.717, 1.165) is 22.3 Å². The van der Waals surface area contributed by atoms with Crippen molar-refractivity contribution in [2.24, 2.45) is 0 Å². The highest BCUT2D eigenvalue weighted by atomic mass is 16.6. The summed E-state index contributed by atoms with van der Waals surface area (Å²) in [6.07, 6.45) is -1.27. The largest absolute Gasteiger partial charge is 0.486 e. The van der Waals surface area contributed by atoms with Gasteiger partial charge in [-0.25, -0.2) is 4.79 Å². The van der Waals surface area contributed by atoms with E-state index in [0.29, 0.717) is 25.6 Å². The fourth-order valence-corrected chi connectivity index (χ4v) is 5.00. The van der Waals surface area contributed by atoms with Crippen LogP contribution in [-0.4, -0.2) is 44.1 Å². The van der Waals surface area contributed by atoms with Crippen LogP contribution in [0.15, 0.2) is 133 Å². The Balaban J connectivity index is 1.46. The monoisotopic (exact) mass is 594 g/mol. The van der Waals surface area contributed by atoms with E-state index < -0.39 is 30.4 Å². The Bertz CT molecular complexity index is 1430. The normalized spacial score (nSPS) is 20.6. The summed E-state index contributed by atoms with van der Waals surface area (Å²) >= 11 is 0. The molecule has 0 N–H and O–H groups in total. The molecule has 44 heavy (non-hydrogen) atoms. The molecule has 7 heteroatoms. The first kappa shape index (κ1) is 31.2. The van der Waals surface area contributed by atoms with Crippen LogP contribution in [0.2, 0.25) is 0 Å². The Morgan fingerprint density at radius 2 is 1.05 bits per heavy atom. The fourth-order valence-electron chi connectivity index (χ4n) is 5.00. The zero-order valence-electron chi connectivity index (χ0n) is 24.8. The summed E-state index contributed by atoms with van der Waals surface area (Å²) in [5, 5.41) is 0. The number of benzene rings is 4. The summed E-state index contributed by atoms with van der Waals surface area (Å²) in [4.78, 5) is 12.5. The average molecular weight is 595 g/mol. The lowest BCUT2D eigenvalue weighted by Crippen LogP contribution is -2.56. The van der Waals surface area contributed by atoms with Gasteiger partial charge in [0.15, 0.2) is 6.10 Å². The van der Waals surface area contributed by atoms with Gasteiger partial charge in [-0.3, -0.25) is 0 Å². The second-order valence-electron chi connectivity index (χ2n) is 10.5. The van der Waals surface area contributed by atoms with E-state index in [2.05, 4.69) is 0 Å². The highest BCUT2D eigenvalue weighted by molar-refractivity contribution is 5.82. The lowest BCUT2D eigenvalue weighted by atomic mass is 9.96.